The van der Waals surface area contributed by atoms with E-state index in [2.05, 4.69) is 23.0 Å². The number of terminal acetylenes is 1. The van der Waals surface area contributed by atoms with E-state index in [9.17, 15) is 4.79 Å². The van der Waals surface area contributed by atoms with Crippen molar-refractivity contribution in [2.75, 3.05) is 20.3 Å². The average molecular weight is 481 g/mol. The summed E-state index contributed by atoms with van der Waals surface area (Å²) in [4.78, 5) is 17.9. The van der Waals surface area contributed by atoms with Crippen LogP contribution in [0.5, 0.6) is 17.2 Å². The summed E-state index contributed by atoms with van der Waals surface area (Å²) in [5, 5.41) is 0.821. The molecule has 0 unspecified atom stereocenters. The first-order valence-corrected chi connectivity index (χ1v) is 12.1. The fourth-order valence-electron chi connectivity index (χ4n) is 4.45. The smallest absolute Gasteiger partial charge is 0.348 e. The van der Waals surface area contributed by atoms with Crippen LogP contribution in [0.4, 0.5) is 0 Å². The number of methoxy groups -OCH3 is 1. The monoisotopic (exact) mass is 480 g/mol. The zero-order valence-corrected chi connectivity index (χ0v) is 20.5. The Morgan fingerprint density at radius 2 is 1.83 bits per heavy atom. The van der Waals surface area contributed by atoms with Crippen LogP contribution in [0.2, 0.25) is 0 Å². The molecule has 4 aromatic rings. The lowest BCUT2D eigenvalue weighted by Crippen LogP contribution is -2.24. The van der Waals surface area contributed by atoms with Gasteiger partial charge in [-0.3, -0.25) is 4.57 Å². The minimum Gasteiger partial charge on any atom is -0.493 e. The molecule has 0 bridgehead atoms. The van der Waals surface area contributed by atoms with E-state index in [4.69, 9.17) is 20.6 Å². The summed E-state index contributed by atoms with van der Waals surface area (Å²) in [5.74, 6) is 5.07. The molecule has 1 fully saturated rings. The number of fused-ring (bicyclic) bond motifs is 1. The third-order valence-corrected chi connectivity index (χ3v) is 6.38. The largest absolute Gasteiger partial charge is 0.493 e. The van der Waals surface area contributed by atoms with Crippen LogP contribution in [-0.2, 0) is 6.54 Å². The molecule has 0 N–H and O–H groups in total. The molecule has 1 saturated carbocycles. The van der Waals surface area contributed by atoms with Crippen LogP contribution in [0.25, 0.3) is 22.2 Å². The van der Waals surface area contributed by atoms with E-state index >= 15 is 0 Å². The van der Waals surface area contributed by atoms with Crippen molar-refractivity contribution in [3.05, 3.63) is 82.3 Å². The van der Waals surface area contributed by atoms with Gasteiger partial charge in [-0.25, -0.2) is 4.79 Å². The van der Waals surface area contributed by atoms with E-state index in [1.165, 1.54) is 18.4 Å². The molecule has 0 atom stereocenters. The number of rotatable bonds is 9. The standard InChI is InChI=1S/C30H28N2O4/c1-4-16-36-24-13-14-26-25(18-24)29(23-11-9-22(10-12-23)21-7-8-21)31-30(33)32(26)19-20-6-15-27(34-3)28(17-20)35-5-2/h1,6,9-15,17-18,21H,5,7-8,16,19H2,2-3H3. The maximum Gasteiger partial charge on any atom is 0.348 e. The maximum atomic E-state index is 13.3. The Hall–Kier alpha value is -4.24. The van der Waals surface area contributed by atoms with E-state index < -0.39 is 0 Å². The van der Waals surface area contributed by atoms with Gasteiger partial charge in [0.25, 0.3) is 0 Å². The van der Waals surface area contributed by atoms with Crippen LogP contribution in [0.3, 0.4) is 0 Å². The highest BCUT2D eigenvalue weighted by molar-refractivity contribution is 5.93. The van der Waals surface area contributed by atoms with Gasteiger partial charge in [0.05, 0.1) is 31.5 Å². The van der Waals surface area contributed by atoms with Crippen molar-refractivity contribution < 1.29 is 14.2 Å². The predicted molar refractivity (Wildman–Crippen MR) is 141 cm³/mol. The van der Waals surface area contributed by atoms with Gasteiger partial charge < -0.3 is 14.2 Å². The minimum absolute atomic E-state index is 0.163. The summed E-state index contributed by atoms with van der Waals surface area (Å²) in [6.07, 6.45) is 7.86. The van der Waals surface area contributed by atoms with Crippen molar-refractivity contribution in [2.45, 2.75) is 32.2 Å². The average Bonchev–Trinajstić information content (AvgIpc) is 3.75. The highest BCUT2D eigenvalue weighted by Crippen LogP contribution is 2.40. The summed E-state index contributed by atoms with van der Waals surface area (Å²) in [5.41, 5.74) is 4.20. The first-order valence-electron chi connectivity index (χ1n) is 12.1. The van der Waals surface area contributed by atoms with E-state index in [0.717, 1.165) is 22.0 Å². The van der Waals surface area contributed by atoms with E-state index in [0.29, 0.717) is 42.0 Å². The number of benzene rings is 3. The lowest BCUT2D eigenvalue weighted by Gasteiger charge is -2.16. The normalized spacial score (nSPS) is 12.8. The maximum absolute atomic E-state index is 13.3. The summed E-state index contributed by atoms with van der Waals surface area (Å²) >= 11 is 0. The highest BCUT2D eigenvalue weighted by Gasteiger charge is 2.23. The zero-order chi connectivity index (χ0) is 25.1. The Morgan fingerprint density at radius 1 is 1.03 bits per heavy atom. The molecule has 0 saturated heterocycles. The second-order valence-corrected chi connectivity index (χ2v) is 8.82. The first kappa shape index (κ1) is 23.5. The quantitative estimate of drug-likeness (QED) is 0.300. The minimum atomic E-state index is -0.324. The lowest BCUT2D eigenvalue weighted by atomic mass is 10.0. The Balaban J connectivity index is 1.61. The number of ether oxygens (including phenoxy) is 3. The SMILES string of the molecule is C#CCOc1ccc2c(c1)c(-c1ccc(C3CC3)cc1)nc(=O)n2Cc1ccc(OC)c(OCC)c1. The van der Waals surface area contributed by atoms with Crippen molar-refractivity contribution >= 4 is 10.9 Å². The number of nitrogens with zero attached hydrogens (tertiary/aromatic N) is 2. The van der Waals surface area contributed by atoms with Gasteiger partial charge in [0, 0.05) is 10.9 Å². The van der Waals surface area contributed by atoms with Crippen molar-refractivity contribution in [3.8, 4) is 40.8 Å². The predicted octanol–water partition coefficient (Wildman–Crippen LogP) is 5.41. The first-order chi connectivity index (χ1) is 17.6. The molecule has 5 rings (SSSR count). The van der Waals surface area contributed by atoms with Gasteiger partial charge in [-0.1, -0.05) is 36.3 Å². The van der Waals surface area contributed by atoms with Gasteiger partial charge in [-0.2, -0.15) is 4.98 Å². The molecule has 1 heterocycles. The molecule has 0 amide bonds. The Bertz CT molecular complexity index is 1490. The molecule has 0 aliphatic heterocycles. The molecule has 3 aromatic carbocycles. The molecule has 1 aliphatic rings. The summed E-state index contributed by atoms with van der Waals surface area (Å²) in [6.45, 7) is 2.93. The van der Waals surface area contributed by atoms with Gasteiger partial charge >= 0.3 is 5.69 Å². The van der Waals surface area contributed by atoms with Crippen LogP contribution >= 0.6 is 0 Å². The topological polar surface area (TPSA) is 62.6 Å². The third-order valence-electron chi connectivity index (χ3n) is 6.38. The third kappa shape index (κ3) is 4.78. The van der Waals surface area contributed by atoms with Gasteiger partial charge in [0.15, 0.2) is 11.5 Å². The molecule has 0 spiro atoms. The van der Waals surface area contributed by atoms with Gasteiger partial charge in [-0.15, -0.1) is 6.42 Å². The number of hydrogen-bond donors (Lipinski definition) is 0. The van der Waals surface area contributed by atoms with Gasteiger partial charge in [0.1, 0.15) is 12.4 Å². The van der Waals surface area contributed by atoms with Crippen molar-refractivity contribution in [3.63, 3.8) is 0 Å². The molecule has 182 valence electrons. The summed E-state index contributed by atoms with van der Waals surface area (Å²) in [7, 11) is 1.61. The fraction of sp³-hybridized carbons (Fsp3) is 0.267. The molecule has 0 radical (unpaired) electrons. The molecule has 6 nitrogen and oxygen atoms in total. The lowest BCUT2D eigenvalue weighted by molar-refractivity contribution is 0.310. The molecule has 1 aromatic heterocycles. The fourth-order valence-corrected chi connectivity index (χ4v) is 4.45. The van der Waals surface area contributed by atoms with E-state index in [-0.39, 0.29) is 12.3 Å². The Labute approximate surface area is 210 Å². The van der Waals surface area contributed by atoms with Crippen LogP contribution in [0, 0.1) is 12.3 Å². The molecule has 1 aliphatic carbocycles. The number of aromatic nitrogens is 2. The molecular weight excluding hydrogens is 452 g/mol. The summed E-state index contributed by atoms with van der Waals surface area (Å²) < 4.78 is 18.5. The van der Waals surface area contributed by atoms with Gasteiger partial charge in [0.2, 0.25) is 0 Å². The second-order valence-electron chi connectivity index (χ2n) is 8.82. The highest BCUT2D eigenvalue weighted by atomic mass is 16.5. The van der Waals surface area contributed by atoms with Crippen molar-refractivity contribution in [1.82, 2.24) is 9.55 Å². The number of hydrogen-bond acceptors (Lipinski definition) is 5. The van der Waals surface area contributed by atoms with Crippen LogP contribution in [0.1, 0.15) is 36.8 Å². The van der Waals surface area contributed by atoms with E-state index in [1.807, 2.05) is 55.5 Å². The van der Waals surface area contributed by atoms with Crippen LogP contribution < -0.4 is 19.9 Å². The molecular formula is C30H28N2O4. The van der Waals surface area contributed by atoms with Crippen molar-refractivity contribution in [1.29, 1.82) is 0 Å². The summed E-state index contributed by atoms with van der Waals surface area (Å²) in [6, 6.07) is 19.7. The Morgan fingerprint density at radius 3 is 2.53 bits per heavy atom. The van der Waals surface area contributed by atoms with Gasteiger partial charge in [-0.05, 0) is 67.1 Å². The second kappa shape index (κ2) is 10.2. The Kier molecular flexibility index (Phi) is 6.64. The van der Waals surface area contributed by atoms with E-state index in [1.54, 1.807) is 11.7 Å². The molecule has 36 heavy (non-hydrogen) atoms. The van der Waals surface area contributed by atoms with Crippen molar-refractivity contribution in [2.24, 2.45) is 0 Å². The zero-order valence-electron chi connectivity index (χ0n) is 20.5. The molecule has 6 heteroatoms. The van der Waals surface area contributed by atoms with Crippen LogP contribution in [-0.4, -0.2) is 29.9 Å². The van der Waals surface area contributed by atoms with Crippen LogP contribution in [0.15, 0.2) is 65.5 Å².